The molecule has 2 amide bonds. The second kappa shape index (κ2) is 8.06. The van der Waals surface area contributed by atoms with E-state index in [1.165, 1.54) is 4.90 Å². The lowest BCUT2D eigenvalue weighted by molar-refractivity contribution is -0.126. The van der Waals surface area contributed by atoms with E-state index in [1.54, 1.807) is 17.4 Å². The summed E-state index contributed by atoms with van der Waals surface area (Å²) in [5, 5.41) is 1.63. The molecular formula is C25H23N3O5. The lowest BCUT2D eigenvalue weighted by Crippen LogP contribution is -2.37. The van der Waals surface area contributed by atoms with Gasteiger partial charge in [0.2, 0.25) is 5.91 Å². The van der Waals surface area contributed by atoms with Crippen molar-refractivity contribution in [2.24, 2.45) is 5.92 Å². The Hall–Kier alpha value is -3.62. The quantitative estimate of drug-likeness (QED) is 0.571. The summed E-state index contributed by atoms with van der Waals surface area (Å²) in [5.41, 5.74) is 2.35. The van der Waals surface area contributed by atoms with E-state index in [0.29, 0.717) is 24.7 Å². The molecule has 168 valence electrons. The number of carbonyl (C=O) groups excluding carboxylic acids is 2. The van der Waals surface area contributed by atoms with Gasteiger partial charge in [0.1, 0.15) is 17.7 Å². The number of carbonyl (C=O) groups is 2. The first-order chi connectivity index (χ1) is 16.2. The number of morpholine rings is 1. The monoisotopic (exact) mass is 445 g/mol. The molecule has 6 rings (SSSR count). The Morgan fingerprint density at radius 3 is 2.18 bits per heavy atom. The Bertz CT molecular complexity index is 1140. The number of hydrogen-bond acceptors (Lipinski definition) is 7. The number of ether oxygens (including phenoxy) is 1. The van der Waals surface area contributed by atoms with E-state index in [-0.39, 0.29) is 11.8 Å². The zero-order valence-corrected chi connectivity index (χ0v) is 17.9. The minimum absolute atomic E-state index is 0.288. The molecule has 0 bridgehead atoms. The van der Waals surface area contributed by atoms with Crippen molar-refractivity contribution in [1.29, 1.82) is 0 Å². The predicted molar refractivity (Wildman–Crippen MR) is 121 cm³/mol. The SMILES string of the molecule is O=C1[C@@H]2[C@H](ON(c3ccccc3)[C@H]2c2ccco2)C(=O)N1c1ccc(N2CCOCC2)cc1. The highest BCUT2D eigenvalue weighted by Crippen LogP contribution is 2.47. The van der Waals surface area contributed by atoms with Crippen LogP contribution in [0.3, 0.4) is 0 Å². The molecule has 8 nitrogen and oxygen atoms in total. The van der Waals surface area contributed by atoms with Gasteiger partial charge >= 0.3 is 0 Å². The van der Waals surface area contributed by atoms with E-state index < -0.39 is 18.1 Å². The van der Waals surface area contributed by atoms with E-state index in [0.717, 1.165) is 24.5 Å². The Morgan fingerprint density at radius 2 is 1.48 bits per heavy atom. The highest BCUT2D eigenvalue weighted by atomic mass is 16.7. The number of fused-ring (bicyclic) bond motifs is 1. The van der Waals surface area contributed by atoms with Crippen LogP contribution in [0.1, 0.15) is 11.8 Å². The smallest absolute Gasteiger partial charge is 0.266 e. The lowest BCUT2D eigenvalue weighted by Gasteiger charge is -2.29. The first kappa shape index (κ1) is 20.0. The van der Waals surface area contributed by atoms with Crippen molar-refractivity contribution in [3.63, 3.8) is 0 Å². The summed E-state index contributed by atoms with van der Waals surface area (Å²) >= 11 is 0. The third kappa shape index (κ3) is 3.30. The molecule has 3 aliphatic rings. The number of furan rings is 1. The Labute approximate surface area is 190 Å². The molecule has 0 saturated carbocycles. The van der Waals surface area contributed by atoms with Gasteiger partial charge in [-0.25, -0.2) is 9.96 Å². The lowest BCUT2D eigenvalue weighted by atomic mass is 9.94. The maximum atomic E-state index is 13.6. The van der Waals surface area contributed by atoms with Crippen molar-refractivity contribution in [2.75, 3.05) is 41.2 Å². The standard InChI is InChI=1S/C25H23N3O5/c29-24-21-22(20-7-4-14-32-20)28(19-5-2-1-3-6-19)33-23(21)25(30)27(24)18-10-8-17(9-11-18)26-12-15-31-16-13-26/h1-11,14,21-23H,12-13,15-16H2/t21-,22-,23-/m0/s1. The fourth-order valence-corrected chi connectivity index (χ4v) is 4.85. The van der Waals surface area contributed by atoms with Gasteiger partial charge in [0.25, 0.3) is 5.91 Å². The first-order valence-electron chi connectivity index (χ1n) is 11.1. The molecule has 4 heterocycles. The van der Waals surface area contributed by atoms with Crippen LogP contribution in [0.4, 0.5) is 17.1 Å². The molecule has 0 unspecified atom stereocenters. The van der Waals surface area contributed by atoms with Crippen molar-refractivity contribution in [3.05, 3.63) is 78.8 Å². The summed E-state index contributed by atoms with van der Waals surface area (Å²) in [4.78, 5) is 36.5. The van der Waals surface area contributed by atoms with E-state index in [1.807, 2.05) is 60.7 Å². The zero-order valence-electron chi connectivity index (χ0n) is 17.9. The number of amides is 2. The number of rotatable bonds is 4. The largest absolute Gasteiger partial charge is 0.467 e. The van der Waals surface area contributed by atoms with Crippen LogP contribution in [0, 0.1) is 5.92 Å². The summed E-state index contributed by atoms with van der Waals surface area (Å²) < 4.78 is 11.1. The third-order valence-electron chi connectivity index (χ3n) is 6.44. The fourth-order valence-electron chi connectivity index (χ4n) is 4.85. The minimum atomic E-state index is -0.910. The molecule has 8 heteroatoms. The molecule has 3 saturated heterocycles. The topological polar surface area (TPSA) is 75.5 Å². The van der Waals surface area contributed by atoms with Crippen LogP contribution in [0.25, 0.3) is 0 Å². The Morgan fingerprint density at radius 1 is 0.758 bits per heavy atom. The molecule has 3 aliphatic heterocycles. The van der Waals surface area contributed by atoms with E-state index in [9.17, 15) is 9.59 Å². The molecule has 0 spiro atoms. The van der Waals surface area contributed by atoms with Crippen LogP contribution in [0.5, 0.6) is 0 Å². The molecule has 33 heavy (non-hydrogen) atoms. The molecule has 3 atom stereocenters. The highest BCUT2D eigenvalue weighted by molar-refractivity contribution is 6.23. The minimum Gasteiger partial charge on any atom is -0.467 e. The molecule has 0 N–H and O–H groups in total. The van der Waals surface area contributed by atoms with E-state index in [4.69, 9.17) is 14.0 Å². The number of hydroxylamine groups is 1. The number of para-hydroxylation sites is 1. The number of nitrogens with zero attached hydrogens (tertiary/aromatic N) is 3. The van der Waals surface area contributed by atoms with Crippen molar-refractivity contribution in [2.45, 2.75) is 12.1 Å². The van der Waals surface area contributed by atoms with Gasteiger partial charge in [0, 0.05) is 18.8 Å². The fraction of sp³-hybridized carbons (Fsp3) is 0.280. The summed E-state index contributed by atoms with van der Waals surface area (Å²) in [6.07, 6.45) is 0.654. The summed E-state index contributed by atoms with van der Waals surface area (Å²) in [7, 11) is 0. The van der Waals surface area contributed by atoms with Crippen LogP contribution < -0.4 is 14.9 Å². The van der Waals surface area contributed by atoms with Gasteiger partial charge in [-0.2, -0.15) is 0 Å². The first-order valence-corrected chi connectivity index (χ1v) is 11.1. The molecular weight excluding hydrogens is 422 g/mol. The van der Waals surface area contributed by atoms with Crippen LogP contribution in [0.15, 0.2) is 77.4 Å². The summed E-state index contributed by atoms with van der Waals surface area (Å²) in [6.45, 7) is 3.02. The van der Waals surface area contributed by atoms with E-state index in [2.05, 4.69) is 4.90 Å². The van der Waals surface area contributed by atoms with Crippen molar-refractivity contribution in [3.8, 4) is 0 Å². The predicted octanol–water partition coefficient (Wildman–Crippen LogP) is 3.17. The number of benzene rings is 2. The van der Waals surface area contributed by atoms with Crippen molar-refractivity contribution >= 4 is 28.9 Å². The Kier molecular flexibility index (Phi) is 4.89. The summed E-state index contributed by atoms with van der Waals surface area (Å²) in [6, 6.07) is 20.0. The van der Waals surface area contributed by atoms with Crippen molar-refractivity contribution < 1.29 is 23.6 Å². The molecule has 0 aliphatic carbocycles. The van der Waals surface area contributed by atoms with Crippen LogP contribution in [-0.2, 0) is 19.2 Å². The second-order valence-corrected chi connectivity index (χ2v) is 8.30. The van der Waals surface area contributed by atoms with Gasteiger partial charge < -0.3 is 14.1 Å². The maximum Gasteiger partial charge on any atom is 0.266 e. The highest BCUT2D eigenvalue weighted by Gasteiger charge is 2.61. The normalized spacial score (nSPS) is 25.1. The maximum absolute atomic E-state index is 13.6. The molecule has 3 aromatic rings. The van der Waals surface area contributed by atoms with E-state index >= 15 is 0 Å². The van der Waals surface area contributed by atoms with Gasteiger partial charge in [-0.3, -0.25) is 14.4 Å². The van der Waals surface area contributed by atoms with Gasteiger partial charge in [-0.15, -0.1) is 0 Å². The third-order valence-corrected chi connectivity index (χ3v) is 6.44. The van der Waals surface area contributed by atoms with Crippen LogP contribution in [-0.4, -0.2) is 44.2 Å². The molecule has 0 radical (unpaired) electrons. The zero-order chi connectivity index (χ0) is 22.4. The molecule has 1 aromatic heterocycles. The van der Waals surface area contributed by atoms with Gasteiger partial charge in [0.05, 0.1) is 30.9 Å². The van der Waals surface area contributed by atoms with Crippen molar-refractivity contribution in [1.82, 2.24) is 0 Å². The number of anilines is 3. The van der Waals surface area contributed by atoms with Gasteiger partial charge in [0.15, 0.2) is 6.10 Å². The van der Waals surface area contributed by atoms with Gasteiger partial charge in [-0.1, -0.05) is 18.2 Å². The molecule has 2 aromatic carbocycles. The molecule has 3 fully saturated rings. The van der Waals surface area contributed by atoms with Crippen LogP contribution >= 0.6 is 0 Å². The van der Waals surface area contributed by atoms with Gasteiger partial charge in [-0.05, 0) is 48.5 Å². The average molecular weight is 445 g/mol. The number of hydrogen-bond donors (Lipinski definition) is 0. The second-order valence-electron chi connectivity index (χ2n) is 8.30. The summed E-state index contributed by atoms with van der Waals surface area (Å²) in [5.74, 6) is -0.775. The van der Waals surface area contributed by atoms with Crippen LogP contribution in [0.2, 0.25) is 0 Å². The Balaban J connectivity index is 1.31. The average Bonchev–Trinajstić information content (AvgIpc) is 3.58. The number of imide groups is 1.